The van der Waals surface area contributed by atoms with E-state index in [0.29, 0.717) is 6.04 Å². The molecule has 3 aromatic rings. The number of aromatic nitrogens is 1. The van der Waals surface area contributed by atoms with Gasteiger partial charge in [0, 0.05) is 36.2 Å². The average molecular weight is 442 g/mol. The van der Waals surface area contributed by atoms with Crippen LogP contribution in [0.3, 0.4) is 0 Å². The lowest BCUT2D eigenvalue weighted by Crippen LogP contribution is -2.46. The van der Waals surface area contributed by atoms with Crippen LogP contribution in [0.15, 0.2) is 54.6 Å². The Morgan fingerprint density at radius 1 is 0.939 bits per heavy atom. The van der Waals surface area contributed by atoms with Crippen molar-refractivity contribution in [3.8, 4) is 0 Å². The lowest BCUT2D eigenvalue weighted by molar-refractivity contribution is 0.189. The van der Waals surface area contributed by atoms with Crippen molar-refractivity contribution in [3.63, 3.8) is 0 Å². The van der Waals surface area contributed by atoms with Gasteiger partial charge in [-0.15, -0.1) is 0 Å². The number of nitrogens with one attached hydrogen (secondary N) is 3. The number of hydrogen-bond donors (Lipinski definition) is 3. The highest BCUT2D eigenvalue weighted by atomic mass is 16.2. The average Bonchev–Trinajstić information content (AvgIpc) is 3.61. The number of anilines is 2. The molecule has 2 fully saturated rings. The normalized spacial score (nSPS) is 21.0. The van der Waals surface area contributed by atoms with Gasteiger partial charge in [-0.2, -0.15) is 0 Å². The summed E-state index contributed by atoms with van der Waals surface area (Å²) >= 11 is 0. The van der Waals surface area contributed by atoms with Crippen molar-refractivity contribution >= 4 is 28.4 Å². The molecule has 2 heterocycles. The van der Waals surface area contributed by atoms with Gasteiger partial charge in [0.05, 0.1) is 11.6 Å². The smallest absolute Gasteiger partial charge is 0.319 e. The second-order valence-electron chi connectivity index (χ2n) is 9.68. The first kappa shape index (κ1) is 20.5. The number of hydrogen-bond acceptors (Lipinski definition) is 4. The minimum atomic E-state index is -0.120. The molecule has 33 heavy (non-hydrogen) atoms. The quantitative estimate of drug-likeness (QED) is 0.516. The molecule has 1 aromatic heterocycles. The summed E-state index contributed by atoms with van der Waals surface area (Å²) in [6.45, 7) is 2.19. The van der Waals surface area contributed by atoms with Crippen molar-refractivity contribution in [2.45, 2.75) is 56.7 Å². The number of fused-ring (bicyclic) bond motifs is 2. The number of pyridine rings is 1. The van der Waals surface area contributed by atoms with Crippen LogP contribution in [-0.4, -0.2) is 41.1 Å². The van der Waals surface area contributed by atoms with Gasteiger partial charge in [-0.25, -0.2) is 9.78 Å². The maximum Gasteiger partial charge on any atom is 0.319 e. The monoisotopic (exact) mass is 441 g/mol. The zero-order chi connectivity index (χ0) is 22.2. The molecule has 1 saturated carbocycles. The van der Waals surface area contributed by atoms with Gasteiger partial charge in [-0.3, -0.25) is 0 Å². The third-order valence-electron chi connectivity index (χ3n) is 7.33. The lowest BCUT2D eigenvalue weighted by atomic mass is 10.1. The Morgan fingerprint density at radius 2 is 1.79 bits per heavy atom. The van der Waals surface area contributed by atoms with Gasteiger partial charge in [0.15, 0.2) is 0 Å². The molecule has 2 aromatic carbocycles. The van der Waals surface area contributed by atoms with Gasteiger partial charge < -0.3 is 20.9 Å². The van der Waals surface area contributed by atoms with Crippen LogP contribution < -0.4 is 16.0 Å². The number of amides is 2. The molecular weight excluding hydrogens is 410 g/mol. The molecule has 1 aliphatic heterocycles. The number of rotatable bonds is 5. The number of likely N-dealkylation sites (tertiary alicyclic amines) is 1. The molecule has 3 aliphatic rings. The standard InChI is InChI=1S/C27H31N5O/c33-27(28-20-13-15-32(16-14-20)22-8-9-22)29-21-7-11-24-19(17-21)6-12-26(30-24)31-25-10-5-18-3-1-2-4-23(18)25/h1-4,6-7,11-12,17,20,22,25H,5,8-10,13-16H2,(H,30,31)(H2,28,29,33)/t25-/m1/s1. The summed E-state index contributed by atoms with van der Waals surface area (Å²) in [5.74, 6) is 0.889. The van der Waals surface area contributed by atoms with Crippen LogP contribution in [0.25, 0.3) is 10.9 Å². The Morgan fingerprint density at radius 3 is 2.64 bits per heavy atom. The second-order valence-corrected chi connectivity index (χ2v) is 9.68. The summed E-state index contributed by atoms with van der Waals surface area (Å²) in [6.07, 6.45) is 6.97. The molecule has 1 saturated heterocycles. The van der Waals surface area contributed by atoms with Crippen molar-refractivity contribution in [3.05, 3.63) is 65.7 Å². The molecule has 170 valence electrons. The first-order valence-electron chi connectivity index (χ1n) is 12.3. The van der Waals surface area contributed by atoms with Crippen LogP contribution in [0.4, 0.5) is 16.3 Å². The highest BCUT2D eigenvalue weighted by Gasteiger charge is 2.32. The minimum Gasteiger partial charge on any atom is -0.363 e. The molecule has 0 spiro atoms. The predicted octanol–water partition coefficient (Wildman–Crippen LogP) is 5.08. The summed E-state index contributed by atoms with van der Waals surface area (Å²) in [6, 6.07) is 19.9. The Labute approximate surface area is 194 Å². The molecule has 2 amide bonds. The molecule has 6 heteroatoms. The molecule has 6 nitrogen and oxygen atoms in total. The van der Waals surface area contributed by atoms with Crippen molar-refractivity contribution < 1.29 is 4.79 Å². The molecule has 0 radical (unpaired) electrons. The van der Waals surface area contributed by atoms with Crippen LogP contribution in [0.2, 0.25) is 0 Å². The zero-order valence-electron chi connectivity index (χ0n) is 18.9. The molecule has 6 rings (SSSR count). The molecule has 2 aliphatic carbocycles. The highest BCUT2D eigenvalue weighted by Crippen LogP contribution is 2.33. The minimum absolute atomic E-state index is 0.120. The highest BCUT2D eigenvalue weighted by molar-refractivity contribution is 5.93. The number of urea groups is 1. The van der Waals surface area contributed by atoms with E-state index >= 15 is 0 Å². The molecule has 0 unspecified atom stereocenters. The van der Waals surface area contributed by atoms with E-state index in [1.165, 1.54) is 24.0 Å². The maximum atomic E-state index is 12.5. The summed E-state index contributed by atoms with van der Waals surface area (Å²) in [4.78, 5) is 19.9. The molecule has 0 bridgehead atoms. The molecule has 1 atom stereocenters. The molecule has 3 N–H and O–H groups in total. The number of piperidine rings is 1. The van der Waals surface area contributed by atoms with E-state index in [-0.39, 0.29) is 12.1 Å². The van der Waals surface area contributed by atoms with Crippen LogP contribution in [-0.2, 0) is 6.42 Å². The SMILES string of the molecule is O=C(Nc1ccc2nc(N[C@@H]3CCc4ccccc43)ccc2c1)NC1CCN(C2CC2)CC1. The van der Waals surface area contributed by atoms with E-state index in [0.717, 1.165) is 67.2 Å². The van der Waals surface area contributed by atoms with Crippen molar-refractivity contribution in [2.24, 2.45) is 0 Å². The number of carbonyl (C=O) groups excluding carboxylic acids is 1. The van der Waals surface area contributed by atoms with Crippen molar-refractivity contribution in [1.82, 2.24) is 15.2 Å². The van der Waals surface area contributed by atoms with Gasteiger partial charge >= 0.3 is 6.03 Å². The number of benzene rings is 2. The summed E-state index contributed by atoms with van der Waals surface area (Å²) in [5, 5.41) is 10.8. The number of nitrogens with zero attached hydrogens (tertiary/aromatic N) is 2. The van der Waals surface area contributed by atoms with Gasteiger partial charge in [-0.05, 0) is 80.0 Å². The topological polar surface area (TPSA) is 69.3 Å². The first-order valence-corrected chi connectivity index (χ1v) is 12.3. The van der Waals surface area contributed by atoms with E-state index in [1.807, 2.05) is 24.3 Å². The van der Waals surface area contributed by atoms with E-state index < -0.39 is 0 Å². The van der Waals surface area contributed by atoms with Crippen molar-refractivity contribution in [1.29, 1.82) is 0 Å². The Hall–Kier alpha value is -3.12. The second kappa shape index (κ2) is 8.67. The van der Waals surface area contributed by atoms with Crippen LogP contribution in [0.1, 0.15) is 49.3 Å². The first-order chi connectivity index (χ1) is 16.2. The fourth-order valence-electron chi connectivity index (χ4n) is 5.37. The van der Waals surface area contributed by atoms with E-state index in [4.69, 9.17) is 4.98 Å². The fraction of sp³-hybridized carbons (Fsp3) is 0.407. The summed E-state index contributed by atoms with van der Waals surface area (Å²) in [5.41, 5.74) is 4.52. The predicted molar refractivity (Wildman–Crippen MR) is 133 cm³/mol. The van der Waals surface area contributed by atoms with E-state index in [9.17, 15) is 4.79 Å². The van der Waals surface area contributed by atoms with E-state index in [2.05, 4.69) is 51.2 Å². The summed E-state index contributed by atoms with van der Waals surface area (Å²) < 4.78 is 0. The number of aryl methyl sites for hydroxylation is 1. The Balaban J connectivity index is 1.07. The van der Waals surface area contributed by atoms with Gasteiger partial charge in [0.2, 0.25) is 0 Å². The van der Waals surface area contributed by atoms with Gasteiger partial charge in [0.25, 0.3) is 0 Å². The van der Waals surface area contributed by atoms with Crippen molar-refractivity contribution in [2.75, 3.05) is 23.7 Å². The van der Waals surface area contributed by atoms with Crippen LogP contribution in [0, 0.1) is 0 Å². The third-order valence-corrected chi connectivity index (χ3v) is 7.33. The number of carbonyl (C=O) groups is 1. The Bertz CT molecular complexity index is 1170. The largest absolute Gasteiger partial charge is 0.363 e. The maximum absolute atomic E-state index is 12.5. The van der Waals surface area contributed by atoms with Crippen LogP contribution in [0.5, 0.6) is 0 Å². The lowest BCUT2D eigenvalue weighted by Gasteiger charge is -2.32. The van der Waals surface area contributed by atoms with Crippen LogP contribution >= 0.6 is 0 Å². The fourth-order valence-corrected chi connectivity index (χ4v) is 5.37. The van der Waals surface area contributed by atoms with Gasteiger partial charge in [-0.1, -0.05) is 24.3 Å². The third kappa shape index (κ3) is 4.53. The zero-order valence-corrected chi connectivity index (χ0v) is 18.9. The molecular formula is C27H31N5O. The summed E-state index contributed by atoms with van der Waals surface area (Å²) in [7, 11) is 0. The Kier molecular flexibility index (Phi) is 5.38. The van der Waals surface area contributed by atoms with Gasteiger partial charge in [0.1, 0.15) is 5.82 Å². The van der Waals surface area contributed by atoms with E-state index in [1.54, 1.807) is 0 Å².